The van der Waals surface area contributed by atoms with Gasteiger partial charge in [-0.3, -0.25) is 0 Å². The van der Waals surface area contributed by atoms with Gasteiger partial charge in [0.2, 0.25) is 0 Å². The van der Waals surface area contributed by atoms with Crippen molar-refractivity contribution in [3.05, 3.63) is 24.3 Å². The van der Waals surface area contributed by atoms with Gasteiger partial charge in [-0.25, -0.2) is 0 Å². The molecule has 1 rings (SSSR count). The number of hydrogen-bond acceptors (Lipinski definition) is 0. The van der Waals surface area contributed by atoms with Gasteiger partial charge in [-0.05, 0) is 0 Å². The molecule has 0 saturated carbocycles. The van der Waals surface area contributed by atoms with Crippen molar-refractivity contribution in [3.8, 4) is 0 Å². The van der Waals surface area contributed by atoms with E-state index in [1.807, 2.05) is 24.3 Å². The molecule has 3 heteroatoms. The van der Waals surface area contributed by atoms with Crippen molar-refractivity contribution in [2.75, 3.05) is 0 Å². The van der Waals surface area contributed by atoms with Gasteiger partial charge in [0.05, 0.1) is 0 Å². The first-order valence-electron chi connectivity index (χ1n) is 2.33. The van der Waals surface area contributed by atoms with Crippen LogP contribution in [-0.4, -0.2) is 7.42 Å². The van der Waals surface area contributed by atoms with E-state index < -0.39 is 7.42 Å². The van der Waals surface area contributed by atoms with Crippen LogP contribution in [0.15, 0.2) is 24.3 Å². The summed E-state index contributed by atoms with van der Waals surface area (Å²) >= 11 is 11.3. The van der Waals surface area contributed by atoms with Crippen LogP contribution in [0, 0.1) is 0 Å². The summed E-state index contributed by atoms with van der Waals surface area (Å²) in [6.45, 7) is 0. The van der Waals surface area contributed by atoms with Crippen LogP contribution in [0.5, 0.6) is 0 Å². The van der Waals surface area contributed by atoms with E-state index in [1.54, 1.807) is 0 Å². The molecule has 8 heavy (non-hydrogen) atoms. The molecule has 1 aliphatic rings. The van der Waals surface area contributed by atoms with Crippen molar-refractivity contribution in [2.45, 2.75) is 5.54 Å². The van der Waals surface area contributed by atoms with Crippen molar-refractivity contribution < 1.29 is 0 Å². The molecule has 1 aliphatic carbocycles. The van der Waals surface area contributed by atoms with Crippen LogP contribution >= 0.6 is 22.2 Å². The minimum atomic E-state index is -1.14. The van der Waals surface area contributed by atoms with Gasteiger partial charge < -0.3 is 0 Å². The number of rotatable bonds is 1. The highest BCUT2D eigenvalue weighted by Gasteiger charge is 2.15. The molecule has 0 aromatic rings. The lowest BCUT2D eigenvalue weighted by Crippen LogP contribution is -1.98. The molecule has 0 bridgehead atoms. The molecule has 0 amide bonds. The van der Waals surface area contributed by atoms with E-state index in [0.29, 0.717) is 5.54 Å². The third kappa shape index (κ3) is 1.37. The molecule has 0 saturated heterocycles. The molecule has 0 atom stereocenters. The van der Waals surface area contributed by atoms with E-state index >= 15 is 0 Å². The molecule has 0 aliphatic heterocycles. The molecule has 0 spiro atoms. The van der Waals surface area contributed by atoms with Crippen molar-refractivity contribution in [1.82, 2.24) is 0 Å². The van der Waals surface area contributed by atoms with E-state index in [1.165, 1.54) is 0 Å². The van der Waals surface area contributed by atoms with Gasteiger partial charge >= 0.3 is 0 Å². The highest BCUT2D eigenvalue weighted by atomic mass is 35.7. The van der Waals surface area contributed by atoms with Crippen molar-refractivity contribution in [1.29, 1.82) is 0 Å². The molecule has 0 heterocycles. The number of hydrogen-bond donors (Lipinski definition) is 0. The van der Waals surface area contributed by atoms with Gasteiger partial charge in [0.15, 0.2) is 0 Å². The van der Waals surface area contributed by atoms with E-state index in [9.17, 15) is 0 Å². The summed E-state index contributed by atoms with van der Waals surface area (Å²) in [4.78, 5) is 0. The van der Waals surface area contributed by atoms with Crippen LogP contribution in [0.1, 0.15) is 0 Å². The predicted octanol–water partition coefficient (Wildman–Crippen LogP) is 2.45. The van der Waals surface area contributed by atoms with Crippen molar-refractivity contribution >= 4 is 29.6 Å². The molecule has 0 N–H and O–H groups in total. The molecule has 0 aromatic carbocycles. The molecule has 0 aromatic heterocycles. The minimum absolute atomic E-state index is 0.336. The Bertz CT molecular complexity index is 116. The van der Waals surface area contributed by atoms with Crippen molar-refractivity contribution in [3.63, 3.8) is 0 Å². The third-order valence-corrected chi connectivity index (χ3v) is 3.40. The summed E-state index contributed by atoms with van der Waals surface area (Å²) in [7, 11) is -1.14. The third-order valence-electron chi connectivity index (χ3n) is 1.000. The Labute approximate surface area is 59.8 Å². The summed E-state index contributed by atoms with van der Waals surface area (Å²) < 4.78 is 0. The second kappa shape index (κ2) is 2.71. The van der Waals surface area contributed by atoms with Crippen LogP contribution in [0.3, 0.4) is 0 Å². The fourth-order valence-corrected chi connectivity index (χ4v) is 1.96. The second-order valence-corrected chi connectivity index (χ2v) is 5.85. The fourth-order valence-electron chi connectivity index (χ4n) is 0.577. The van der Waals surface area contributed by atoms with Crippen LogP contribution in [0.2, 0.25) is 5.54 Å². The Morgan fingerprint density at radius 2 is 1.62 bits per heavy atom. The Morgan fingerprint density at radius 3 is 1.88 bits per heavy atom. The van der Waals surface area contributed by atoms with E-state index in [4.69, 9.17) is 22.2 Å². The van der Waals surface area contributed by atoms with Gasteiger partial charge in [0, 0.05) is 5.54 Å². The van der Waals surface area contributed by atoms with Crippen LogP contribution < -0.4 is 0 Å². The fraction of sp³-hybridized carbons (Fsp3) is 0.200. The van der Waals surface area contributed by atoms with Gasteiger partial charge in [-0.2, -0.15) is 0 Å². The summed E-state index contributed by atoms with van der Waals surface area (Å²) in [5, 5.41) is 0. The van der Waals surface area contributed by atoms with Gasteiger partial charge in [0.1, 0.15) is 0 Å². The average molecular weight is 164 g/mol. The largest absolute Gasteiger partial charge is 0.284 e. The topological polar surface area (TPSA) is 0 Å². The molecular formula is C5H5Cl2Si. The maximum absolute atomic E-state index is 5.65. The lowest BCUT2D eigenvalue weighted by atomic mass is 10.5. The van der Waals surface area contributed by atoms with Crippen LogP contribution in [0.4, 0.5) is 0 Å². The highest BCUT2D eigenvalue weighted by molar-refractivity contribution is 7.34. The number of halogens is 2. The zero-order valence-corrected chi connectivity index (χ0v) is 6.65. The maximum atomic E-state index is 5.65. The lowest BCUT2D eigenvalue weighted by molar-refractivity contribution is 1.41. The zero-order chi connectivity index (χ0) is 5.98. The summed E-state index contributed by atoms with van der Waals surface area (Å²) in [5.41, 5.74) is 0.336. The molecule has 43 valence electrons. The standard InChI is InChI=1S/C5H5Cl2Si/c6-8(7)5-3-1-2-4-5/h1-5H. The first-order chi connectivity index (χ1) is 3.80. The van der Waals surface area contributed by atoms with Gasteiger partial charge in [-0.1, -0.05) is 24.3 Å². The Balaban J connectivity index is 2.49. The van der Waals surface area contributed by atoms with Gasteiger partial charge in [-0.15, -0.1) is 22.2 Å². The van der Waals surface area contributed by atoms with Crippen LogP contribution in [0.25, 0.3) is 0 Å². The SMILES string of the molecule is Cl[Si](Cl)C1C=CC=C1. The smallest absolute Gasteiger partial charge is 0.146 e. The average Bonchev–Trinajstić information content (AvgIpc) is 2.12. The Morgan fingerprint density at radius 1 is 1.12 bits per heavy atom. The van der Waals surface area contributed by atoms with E-state index in [-0.39, 0.29) is 0 Å². The lowest BCUT2D eigenvalue weighted by Gasteiger charge is -1.98. The normalized spacial score (nSPS) is 18.9. The highest BCUT2D eigenvalue weighted by Crippen LogP contribution is 2.23. The van der Waals surface area contributed by atoms with Crippen molar-refractivity contribution in [2.24, 2.45) is 0 Å². The Kier molecular flexibility index (Phi) is 2.17. The maximum Gasteiger partial charge on any atom is 0.284 e. The molecular weight excluding hydrogens is 159 g/mol. The van der Waals surface area contributed by atoms with Gasteiger partial charge in [0.25, 0.3) is 7.42 Å². The summed E-state index contributed by atoms with van der Waals surface area (Å²) in [5.74, 6) is 0. The van der Waals surface area contributed by atoms with E-state index in [2.05, 4.69) is 0 Å². The first-order valence-corrected chi connectivity index (χ1v) is 5.93. The number of allylic oxidation sites excluding steroid dienone is 4. The molecule has 0 unspecified atom stereocenters. The monoisotopic (exact) mass is 163 g/mol. The molecule has 1 radical (unpaired) electrons. The minimum Gasteiger partial charge on any atom is -0.146 e. The summed E-state index contributed by atoms with van der Waals surface area (Å²) in [6.07, 6.45) is 7.99. The van der Waals surface area contributed by atoms with E-state index in [0.717, 1.165) is 0 Å². The van der Waals surface area contributed by atoms with Crippen LogP contribution in [-0.2, 0) is 0 Å². The second-order valence-electron chi connectivity index (χ2n) is 1.59. The zero-order valence-electron chi connectivity index (χ0n) is 4.14. The Hall–Kier alpha value is 0.277. The molecule has 0 nitrogen and oxygen atoms in total. The predicted molar refractivity (Wildman–Crippen MR) is 39.5 cm³/mol. The quantitative estimate of drug-likeness (QED) is 0.412. The summed E-state index contributed by atoms with van der Waals surface area (Å²) in [6, 6.07) is 0. The first kappa shape index (κ1) is 6.40. The molecule has 0 fully saturated rings.